The van der Waals surface area contributed by atoms with Crippen LogP contribution in [0.15, 0.2) is 102 Å². The molecule has 1 aromatic heterocycles. The van der Waals surface area contributed by atoms with Crippen LogP contribution in [0.25, 0.3) is 0 Å². The summed E-state index contributed by atoms with van der Waals surface area (Å²) in [4.78, 5) is 26.9. The summed E-state index contributed by atoms with van der Waals surface area (Å²) < 4.78 is 5.31. The summed E-state index contributed by atoms with van der Waals surface area (Å²) in [5.41, 5.74) is 3.55. The average molecular weight is 514 g/mol. The van der Waals surface area contributed by atoms with Crippen molar-refractivity contribution in [3.05, 3.63) is 124 Å². The smallest absolute Gasteiger partial charge is 0.341 e. The molecule has 0 aliphatic carbocycles. The molecule has 1 heterocycles. The third kappa shape index (κ3) is 7.79. The SMILES string of the molecule is O=C(O)COc1cccc(CCCN(CCC(c2ccccc2)c2ccccc2)C(=O)c2cccs2)c1. The molecule has 0 atom stereocenters. The highest BCUT2D eigenvalue weighted by Crippen LogP contribution is 2.28. The van der Waals surface area contributed by atoms with Gasteiger partial charge in [-0.15, -0.1) is 11.3 Å². The fraction of sp³-hybridized carbons (Fsp3) is 0.226. The van der Waals surface area contributed by atoms with Crippen molar-refractivity contribution < 1.29 is 19.4 Å². The first-order chi connectivity index (χ1) is 18.1. The number of nitrogens with zero attached hydrogens (tertiary/aromatic N) is 1. The Morgan fingerprint density at radius 3 is 2.16 bits per heavy atom. The first kappa shape index (κ1) is 26.2. The van der Waals surface area contributed by atoms with Crippen molar-refractivity contribution >= 4 is 23.2 Å². The first-order valence-electron chi connectivity index (χ1n) is 12.5. The van der Waals surface area contributed by atoms with Gasteiger partial charge in [0.2, 0.25) is 0 Å². The topological polar surface area (TPSA) is 66.8 Å². The highest BCUT2D eigenvalue weighted by atomic mass is 32.1. The van der Waals surface area contributed by atoms with Crippen molar-refractivity contribution in [1.29, 1.82) is 0 Å². The highest BCUT2D eigenvalue weighted by molar-refractivity contribution is 7.12. The Hall–Kier alpha value is -3.90. The number of aryl methyl sites for hydroxylation is 1. The Morgan fingerprint density at radius 2 is 1.54 bits per heavy atom. The van der Waals surface area contributed by atoms with Gasteiger partial charge in [-0.25, -0.2) is 4.79 Å². The number of carboxylic acids is 1. The molecular weight excluding hydrogens is 482 g/mol. The lowest BCUT2D eigenvalue weighted by atomic mass is 9.88. The van der Waals surface area contributed by atoms with Crippen LogP contribution in [-0.4, -0.2) is 41.6 Å². The predicted octanol–water partition coefficient (Wildman–Crippen LogP) is 6.51. The van der Waals surface area contributed by atoms with Gasteiger partial charge in [0.15, 0.2) is 6.61 Å². The third-order valence-electron chi connectivity index (χ3n) is 6.26. The number of hydrogen-bond acceptors (Lipinski definition) is 4. The number of carbonyl (C=O) groups is 2. The molecule has 190 valence electrons. The zero-order valence-corrected chi connectivity index (χ0v) is 21.5. The molecule has 0 unspecified atom stereocenters. The van der Waals surface area contributed by atoms with E-state index in [1.807, 2.05) is 52.7 Å². The van der Waals surface area contributed by atoms with Crippen LogP contribution >= 0.6 is 11.3 Å². The van der Waals surface area contributed by atoms with E-state index in [-0.39, 0.29) is 18.4 Å². The minimum Gasteiger partial charge on any atom is -0.482 e. The van der Waals surface area contributed by atoms with Gasteiger partial charge in [-0.1, -0.05) is 78.9 Å². The number of thiophene rings is 1. The van der Waals surface area contributed by atoms with Crippen LogP contribution in [0.1, 0.15) is 45.1 Å². The molecule has 37 heavy (non-hydrogen) atoms. The Labute approximate surface area is 222 Å². The lowest BCUT2D eigenvalue weighted by Crippen LogP contribution is -2.33. The van der Waals surface area contributed by atoms with Gasteiger partial charge in [0.25, 0.3) is 5.91 Å². The van der Waals surface area contributed by atoms with Crippen LogP contribution < -0.4 is 4.74 Å². The van der Waals surface area contributed by atoms with Crippen molar-refractivity contribution in [3.8, 4) is 5.75 Å². The molecule has 3 aromatic carbocycles. The van der Waals surface area contributed by atoms with Gasteiger partial charge in [0.1, 0.15) is 5.75 Å². The van der Waals surface area contributed by atoms with E-state index in [0.717, 1.165) is 29.7 Å². The Kier molecular flexibility index (Phi) is 9.49. The summed E-state index contributed by atoms with van der Waals surface area (Å²) in [6, 6.07) is 32.2. The van der Waals surface area contributed by atoms with E-state index >= 15 is 0 Å². The number of benzene rings is 3. The lowest BCUT2D eigenvalue weighted by molar-refractivity contribution is -0.139. The molecule has 0 saturated heterocycles. The van der Waals surface area contributed by atoms with E-state index in [1.54, 1.807) is 6.07 Å². The molecule has 6 heteroatoms. The van der Waals surface area contributed by atoms with E-state index < -0.39 is 5.97 Å². The van der Waals surface area contributed by atoms with Gasteiger partial charge in [-0.05, 0) is 59.5 Å². The second-order valence-corrected chi connectivity index (χ2v) is 9.81. The Morgan fingerprint density at radius 1 is 0.838 bits per heavy atom. The molecule has 0 saturated carbocycles. The van der Waals surface area contributed by atoms with Crippen LogP contribution in [0, 0.1) is 0 Å². The number of amides is 1. The van der Waals surface area contributed by atoms with Crippen molar-refractivity contribution in [1.82, 2.24) is 4.90 Å². The van der Waals surface area contributed by atoms with Crippen LogP contribution in [0.3, 0.4) is 0 Å². The molecule has 1 N–H and O–H groups in total. The van der Waals surface area contributed by atoms with Crippen LogP contribution in [0.4, 0.5) is 0 Å². The second kappa shape index (κ2) is 13.4. The number of aliphatic carboxylic acids is 1. The van der Waals surface area contributed by atoms with E-state index in [2.05, 4.69) is 48.5 Å². The Balaban J connectivity index is 1.45. The van der Waals surface area contributed by atoms with E-state index in [9.17, 15) is 9.59 Å². The molecule has 5 nitrogen and oxygen atoms in total. The van der Waals surface area contributed by atoms with Crippen LogP contribution in [-0.2, 0) is 11.2 Å². The highest BCUT2D eigenvalue weighted by Gasteiger charge is 2.20. The fourth-order valence-electron chi connectivity index (χ4n) is 4.46. The van der Waals surface area contributed by atoms with Gasteiger partial charge in [-0.2, -0.15) is 0 Å². The first-order valence-corrected chi connectivity index (χ1v) is 13.3. The van der Waals surface area contributed by atoms with E-state index in [4.69, 9.17) is 9.84 Å². The van der Waals surface area contributed by atoms with Crippen molar-refractivity contribution in [2.24, 2.45) is 0 Å². The molecule has 1 amide bonds. The van der Waals surface area contributed by atoms with Crippen LogP contribution in [0.2, 0.25) is 0 Å². The maximum absolute atomic E-state index is 13.4. The monoisotopic (exact) mass is 513 g/mol. The third-order valence-corrected chi connectivity index (χ3v) is 7.12. The van der Waals surface area contributed by atoms with Crippen molar-refractivity contribution in [2.45, 2.75) is 25.2 Å². The maximum atomic E-state index is 13.4. The van der Waals surface area contributed by atoms with E-state index in [0.29, 0.717) is 18.8 Å². The number of rotatable bonds is 13. The summed E-state index contributed by atoms with van der Waals surface area (Å²) in [6.07, 6.45) is 2.38. The summed E-state index contributed by atoms with van der Waals surface area (Å²) in [7, 11) is 0. The van der Waals surface area contributed by atoms with Crippen LogP contribution in [0.5, 0.6) is 5.75 Å². The molecule has 4 rings (SSSR count). The molecule has 0 aliphatic heterocycles. The van der Waals surface area contributed by atoms with Gasteiger partial charge in [0.05, 0.1) is 4.88 Å². The molecule has 0 aliphatic rings. The standard InChI is InChI=1S/C31H31NO4S/c33-30(34)23-36-27-16-7-10-24(22-27)11-8-19-32(31(35)29-17-9-21-37-29)20-18-28(25-12-3-1-4-13-25)26-14-5-2-6-15-26/h1-7,9-10,12-17,21-22,28H,8,11,18-20,23H2,(H,33,34). The zero-order chi connectivity index (χ0) is 25.9. The number of hydrogen-bond donors (Lipinski definition) is 1. The normalized spacial score (nSPS) is 10.8. The van der Waals surface area contributed by atoms with Gasteiger partial charge in [-0.3, -0.25) is 4.79 Å². The Bertz CT molecular complexity index is 1220. The summed E-state index contributed by atoms with van der Waals surface area (Å²) in [5, 5.41) is 10.8. The maximum Gasteiger partial charge on any atom is 0.341 e. The summed E-state index contributed by atoms with van der Waals surface area (Å²) >= 11 is 1.47. The summed E-state index contributed by atoms with van der Waals surface area (Å²) in [6.45, 7) is 0.913. The number of carboxylic acid groups (broad SMARTS) is 1. The molecular formula is C31H31NO4S. The molecule has 4 aromatic rings. The largest absolute Gasteiger partial charge is 0.482 e. The summed E-state index contributed by atoms with van der Waals surface area (Å²) in [5.74, 6) is -0.199. The van der Waals surface area contributed by atoms with Gasteiger partial charge in [0, 0.05) is 19.0 Å². The van der Waals surface area contributed by atoms with Crippen molar-refractivity contribution in [3.63, 3.8) is 0 Å². The van der Waals surface area contributed by atoms with E-state index in [1.165, 1.54) is 22.5 Å². The minimum absolute atomic E-state index is 0.0633. The van der Waals surface area contributed by atoms with Gasteiger partial charge >= 0.3 is 5.97 Å². The quantitative estimate of drug-likeness (QED) is 0.221. The number of ether oxygens (including phenoxy) is 1. The minimum atomic E-state index is -1.00. The molecule has 0 fully saturated rings. The molecule has 0 radical (unpaired) electrons. The molecule has 0 bridgehead atoms. The molecule has 0 spiro atoms. The van der Waals surface area contributed by atoms with Crippen molar-refractivity contribution in [2.75, 3.05) is 19.7 Å². The lowest BCUT2D eigenvalue weighted by Gasteiger charge is -2.26. The number of carbonyl (C=O) groups excluding carboxylic acids is 1. The second-order valence-electron chi connectivity index (χ2n) is 8.87. The zero-order valence-electron chi connectivity index (χ0n) is 20.7. The average Bonchev–Trinajstić information content (AvgIpc) is 3.47. The predicted molar refractivity (Wildman–Crippen MR) is 147 cm³/mol. The van der Waals surface area contributed by atoms with Gasteiger partial charge < -0.3 is 14.7 Å². The fourth-order valence-corrected chi connectivity index (χ4v) is 5.15.